The van der Waals surface area contributed by atoms with Crippen LogP contribution in [0.1, 0.15) is 168 Å². The Labute approximate surface area is 344 Å². The second-order valence-corrected chi connectivity index (χ2v) is 28.2. The first kappa shape index (κ1) is 41.1. The topological polar surface area (TPSA) is 48.0 Å². The lowest BCUT2D eigenvalue weighted by Crippen LogP contribution is -2.58. The van der Waals surface area contributed by atoms with E-state index in [1.54, 1.807) is 7.11 Å². The van der Waals surface area contributed by atoms with Crippen molar-refractivity contribution in [3.05, 3.63) is 46.5 Å². The van der Waals surface area contributed by atoms with E-state index in [4.69, 9.17) is 14.2 Å². The molecule has 8 bridgehead atoms. The molecule has 8 aliphatic carbocycles. The van der Waals surface area contributed by atoms with Crippen LogP contribution < -0.4 is 19.5 Å². The Kier molecular flexibility index (Phi) is 10.5. The molecule has 0 aromatic heterocycles. The van der Waals surface area contributed by atoms with Gasteiger partial charge in [-0.2, -0.15) is 0 Å². The van der Waals surface area contributed by atoms with Crippen LogP contribution in [0.2, 0.25) is 0 Å². The van der Waals surface area contributed by atoms with Crippen LogP contribution in [-0.4, -0.2) is 52.0 Å². The first-order chi connectivity index (χ1) is 26.2. The van der Waals surface area contributed by atoms with E-state index in [1.807, 2.05) is 14.2 Å². The minimum atomic E-state index is -1.30. The van der Waals surface area contributed by atoms with Crippen LogP contribution in [0.15, 0.2) is 24.3 Å². The molecule has 8 fully saturated rings. The Morgan fingerprint density at radius 3 is 1.32 bits per heavy atom. The average Bonchev–Trinajstić information content (AvgIpc) is 3.08. The Morgan fingerprint density at radius 1 is 0.625 bits per heavy atom. The van der Waals surface area contributed by atoms with Crippen LogP contribution in [0.3, 0.4) is 0 Å². The van der Waals surface area contributed by atoms with Crippen LogP contribution in [0.5, 0.6) is 17.2 Å². The van der Waals surface area contributed by atoms with Crippen molar-refractivity contribution in [2.24, 2.45) is 35.5 Å². The molecule has 8 saturated carbocycles. The predicted molar refractivity (Wildman–Crippen MR) is 236 cm³/mol. The molecule has 0 saturated heterocycles. The van der Waals surface area contributed by atoms with Gasteiger partial charge in [-0.15, -0.1) is 0 Å². The standard InChI is InChI=1S/C49H74NO4PS/c1-45(2,3)38-20-36(21-39(44(38)54-13)46(4,5)6)43(50(10)56(51)47(7,8)9)37-22-40(52-11)41(53-12)23-42(37)55(48-24-30-14-31(25-48)16-32(15-30)26-48)49-27-33-17-34(28-49)19-35(18-33)29-49/h20-23,30-35,43H,14-19,24-29H2,1-13H3/t30?,31?,32?,33?,34?,35?,43-,48?,49?,55?,56+/m0/s1. The largest absolute Gasteiger partial charge is 0.496 e. The molecular weight excluding hydrogens is 730 g/mol. The van der Waals surface area contributed by atoms with Crippen LogP contribution >= 0.6 is 7.92 Å². The second-order valence-electron chi connectivity index (χ2n) is 22.8. The van der Waals surface area contributed by atoms with E-state index in [2.05, 4.69) is 97.9 Å². The lowest BCUT2D eigenvalue weighted by Gasteiger charge is -2.67. The van der Waals surface area contributed by atoms with Gasteiger partial charge in [0.25, 0.3) is 0 Å². The molecule has 2 aromatic carbocycles. The zero-order valence-corrected chi connectivity index (χ0v) is 39.0. The third-order valence-corrected chi connectivity index (χ3v) is 21.1. The van der Waals surface area contributed by atoms with Gasteiger partial charge in [-0.25, -0.2) is 8.51 Å². The van der Waals surface area contributed by atoms with E-state index in [-0.39, 0.29) is 16.9 Å². The van der Waals surface area contributed by atoms with Crippen molar-refractivity contribution >= 4 is 24.2 Å². The third-order valence-electron chi connectivity index (χ3n) is 15.4. The lowest BCUT2D eigenvalue weighted by molar-refractivity contribution is 0.0195. The summed E-state index contributed by atoms with van der Waals surface area (Å²) < 4.78 is 35.7. The van der Waals surface area contributed by atoms with Crippen molar-refractivity contribution in [2.45, 2.75) is 171 Å². The molecule has 8 aliphatic rings. The third kappa shape index (κ3) is 7.02. The summed E-state index contributed by atoms with van der Waals surface area (Å²) in [7, 11) is 5.66. The van der Waals surface area contributed by atoms with E-state index in [1.165, 1.54) is 105 Å². The zero-order chi connectivity index (χ0) is 40.3. The summed E-state index contributed by atoms with van der Waals surface area (Å²) in [4.78, 5) is 0. The van der Waals surface area contributed by atoms with Gasteiger partial charge >= 0.3 is 0 Å². The highest BCUT2D eigenvalue weighted by molar-refractivity contribution is 7.84. The van der Waals surface area contributed by atoms with Gasteiger partial charge < -0.3 is 14.2 Å². The highest BCUT2D eigenvalue weighted by Gasteiger charge is 2.63. The van der Waals surface area contributed by atoms with E-state index in [0.29, 0.717) is 10.3 Å². The van der Waals surface area contributed by atoms with Crippen molar-refractivity contribution in [3.8, 4) is 17.2 Å². The van der Waals surface area contributed by atoms with Crippen LogP contribution in [-0.2, 0) is 21.8 Å². The van der Waals surface area contributed by atoms with Gasteiger partial charge in [-0.3, -0.25) is 0 Å². The molecule has 7 heteroatoms. The van der Waals surface area contributed by atoms with Crippen molar-refractivity contribution in [1.29, 1.82) is 0 Å². The zero-order valence-electron chi connectivity index (χ0n) is 37.3. The van der Waals surface area contributed by atoms with E-state index in [0.717, 1.165) is 52.8 Å². The lowest BCUT2D eigenvalue weighted by atomic mass is 9.55. The summed E-state index contributed by atoms with van der Waals surface area (Å²) in [5.41, 5.74) is 4.56. The maximum Gasteiger partial charge on any atom is 0.161 e. The molecule has 0 heterocycles. The number of methoxy groups -OCH3 is 3. The van der Waals surface area contributed by atoms with E-state index in [9.17, 15) is 0 Å². The Morgan fingerprint density at radius 2 is 1.00 bits per heavy atom. The first-order valence-electron chi connectivity index (χ1n) is 22.1. The molecule has 0 amide bonds. The Bertz CT molecular complexity index is 1700. The van der Waals surface area contributed by atoms with Crippen LogP contribution in [0.25, 0.3) is 0 Å². The highest BCUT2D eigenvalue weighted by Crippen LogP contribution is 2.79. The number of hydrogen-bond donors (Lipinski definition) is 0. The van der Waals surface area contributed by atoms with Gasteiger partial charge in [-0.1, -0.05) is 49.5 Å². The van der Waals surface area contributed by atoms with Gasteiger partial charge in [0.15, 0.2) is 11.5 Å². The molecule has 2 aromatic rings. The second kappa shape index (κ2) is 14.2. The number of hydrogen-bond acceptors (Lipinski definition) is 4. The molecule has 0 N–H and O–H groups in total. The summed E-state index contributed by atoms with van der Waals surface area (Å²) in [6.45, 7) is 20.2. The number of ether oxygens (including phenoxy) is 3. The molecule has 0 unspecified atom stereocenters. The average molecular weight is 804 g/mol. The van der Waals surface area contributed by atoms with Crippen molar-refractivity contribution in [2.75, 3.05) is 28.4 Å². The summed E-state index contributed by atoms with van der Waals surface area (Å²) in [5.74, 6) is 7.86. The van der Waals surface area contributed by atoms with E-state index < -0.39 is 23.7 Å². The SMILES string of the molecule is COc1cc([C@H](c2cc(C(C)(C)C)c(OC)c(C(C)(C)C)c2)N(C)[S@](=O)C(C)(C)C)c(P(C23CC4CC(CC(C4)C2)C3)C23CC4CC(CC(C4)C2)C3)cc1OC. The van der Waals surface area contributed by atoms with Gasteiger partial charge in [0.2, 0.25) is 0 Å². The first-order valence-corrected chi connectivity index (χ1v) is 24.6. The summed E-state index contributed by atoms with van der Waals surface area (Å²) in [6.07, 6.45) is 17.1. The molecule has 0 radical (unpaired) electrons. The van der Waals surface area contributed by atoms with Gasteiger partial charge in [0.05, 0.1) is 32.1 Å². The van der Waals surface area contributed by atoms with Crippen molar-refractivity contribution < 1.29 is 18.4 Å². The van der Waals surface area contributed by atoms with Crippen molar-refractivity contribution in [1.82, 2.24) is 4.31 Å². The molecular formula is C49H74NO4PS. The number of nitrogens with zero attached hydrogens (tertiary/aromatic N) is 1. The monoisotopic (exact) mass is 804 g/mol. The fraction of sp³-hybridized carbons (Fsp3) is 0.755. The fourth-order valence-electron chi connectivity index (χ4n) is 14.2. The quantitative estimate of drug-likeness (QED) is 0.225. The molecule has 310 valence electrons. The summed E-state index contributed by atoms with van der Waals surface area (Å²) in [5, 5.41) is 2.24. The van der Waals surface area contributed by atoms with Gasteiger partial charge in [-0.05, 0) is 195 Å². The Balaban J connectivity index is 1.44. The number of rotatable bonds is 10. The van der Waals surface area contributed by atoms with E-state index >= 15 is 4.21 Å². The van der Waals surface area contributed by atoms with Crippen LogP contribution in [0, 0.1) is 35.5 Å². The smallest absolute Gasteiger partial charge is 0.161 e. The summed E-state index contributed by atoms with van der Waals surface area (Å²) in [6, 6.07) is 9.39. The predicted octanol–water partition coefficient (Wildman–Crippen LogP) is 11.8. The Hall–Kier alpha value is -1.62. The summed E-state index contributed by atoms with van der Waals surface area (Å²) >= 11 is 0. The van der Waals surface area contributed by atoms with Crippen LogP contribution in [0.4, 0.5) is 0 Å². The number of benzene rings is 2. The fourth-order valence-corrected chi connectivity index (χ4v) is 20.9. The van der Waals surface area contributed by atoms with Gasteiger partial charge in [0, 0.05) is 18.2 Å². The maximum atomic E-state index is 15.0. The minimum absolute atomic E-state index is 0.168. The molecule has 0 spiro atoms. The molecule has 10 rings (SSSR count). The normalized spacial score (nSPS) is 33.8. The molecule has 5 nitrogen and oxygen atoms in total. The molecule has 2 atom stereocenters. The van der Waals surface area contributed by atoms with Crippen molar-refractivity contribution in [3.63, 3.8) is 0 Å². The highest BCUT2D eigenvalue weighted by atomic mass is 32.2. The minimum Gasteiger partial charge on any atom is -0.496 e. The molecule has 56 heavy (non-hydrogen) atoms. The molecule has 0 aliphatic heterocycles. The maximum absolute atomic E-state index is 15.0. The van der Waals surface area contributed by atoms with Gasteiger partial charge in [0.1, 0.15) is 16.7 Å².